The number of hydrogen-bond donors (Lipinski definition) is 0. The van der Waals surface area contributed by atoms with Gasteiger partial charge in [0, 0.05) is 0 Å². The Balaban J connectivity index is 4.70. The Labute approximate surface area is 88.0 Å². The quantitative estimate of drug-likeness (QED) is 0.606. The minimum absolute atomic E-state index is 0.0880. The van der Waals surface area contributed by atoms with Gasteiger partial charge in [-0.25, -0.2) is 0 Å². The van der Waals surface area contributed by atoms with Gasteiger partial charge in [-0.2, -0.15) is 0 Å². The zero-order valence-corrected chi connectivity index (χ0v) is 10.8. The maximum absolute atomic E-state index is 11.9. The van der Waals surface area contributed by atoms with E-state index in [9.17, 15) is 4.79 Å². The Morgan fingerprint density at radius 3 is 1.43 bits per heavy atom. The van der Waals surface area contributed by atoms with Crippen molar-refractivity contribution in [3.8, 4) is 0 Å². The predicted molar refractivity (Wildman–Crippen MR) is 59.1 cm³/mol. The largest absolute Gasteiger partial charge is 0.460 e. The second kappa shape index (κ2) is 3.56. The highest BCUT2D eigenvalue weighted by Gasteiger charge is 2.42. The Kier molecular flexibility index (Phi) is 3.42. The van der Waals surface area contributed by atoms with Crippen molar-refractivity contribution in [2.24, 2.45) is 10.8 Å². The van der Waals surface area contributed by atoms with E-state index >= 15 is 0 Å². The molecule has 0 saturated heterocycles. The molecule has 2 nitrogen and oxygen atoms in total. The fraction of sp³-hybridized carbons (Fsp3) is 0.917. The minimum Gasteiger partial charge on any atom is -0.460 e. The summed E-state index contributed by atoms with van der Waals surface area (Å²) in [5.74, 6) is -0.127. The molecule has 84 valence electrons. The first-order valence-electron chi connectivity index (χ1n) is 5.11. The van der Waals surface area contributed by atoms with Crippen molar-refractivity contribution in [2.45, 2.75) is 61.0 Å². The molecular formula is C12H24O2. The molecule has 0 aromatic heterocycles. The molecule has 0 fully saturated rings. The molecule has 0 spiro atoms. The number of ether oxygens (including phenoxy) is 1. The molecule has 0 saturated carbocycles. The van der Waals surface area contributed by atoms with Gasteiger partial charge < -0.3 is 4.74 Å². The Morgan fingerprint density at radius 1 is 0.857 bits per heavy atom. The van der Waals surface area contributed by atoms with Crippen LogP contribution in [0.5, 0.6) is 0 Å². The molecule has 2 heteroatoms. The summed E-state index contributed by atoms with van der Waals surface area (Å²) in [6.07, 6.45) is 0. The van der Waals surface area contributed by atoms with Gasteiger partial charge >= 0.3 is 5.97 Å². The number of carbonyl (C=O) groups excluding carboxylic acids is 1. The minimum atomic E-state index is -0.458. The summed E-state index contributed by atoms with van der Waals surface area (Å²) in [5.41, 5.74) is -0.949. The van der Waals surface area contributed by atoms with E-state index in [-0.39, 0.29) is 11.4 Å². The number of rotatable bonds is 1. The van der Waals surface area contributed by atoms with Crippen molar-refractivity contribution in [3.05, 3.63) is 0 Å². The van der Waals surface area contributed by atoms with Crippen LogP contribution >= 0.6 is 0 Å². The Morgan fingerprint density at radius 2 is 1.21 bits per heavy atom. The van der Waals surface area contributed by atoms with Crippen LogP contribution in [0.25, 0.3) is 0 Å². The highest BCUT2D eigenvalue weighted by atomic mass is 16.6. The van der Waals surface area contributed by atoms with Gasteiger partial charge in [-0.1, -0.05) is 20.8 Å². The van der Waals surface area contributed by atoms with Crippen molar-refractivity contribution in [3.63, 3.8) is 0 Å². The normalized spacial score (nSPS) is 14.0. The van der Waals surface area contributed by atoms with Crippen LogP contribution in [0.15, 0.2) is 0 Å². The van der Waals surface area contributed by atoms with Crippen molar-refractivity contribution in [2.75, 3.05) is 0 Å². The predicted octanol–water partition coefficient (Wildman–Crippen LogP) is 3.40. The fourth-order valence-corrected chi connectivity index (χ4v) is 0.712. The third kappa shape index (κ3) is 3.32. The van der Waals surface area contributed by atoms with Gasteiger partial charge in [0.05, 0.1) is 5.41 Å². The zero-order chi connectivity index (χ0) is 11.8. The molecule has 0 atom stereocenters. The van der Waals surface area contributed by atoms with Crippen molar-refractivity contribution < 1.29 is 9.53 Å². The second-order valence-corrected chi connectivity index (χ2v) is 6.38. The van der Waals surface area contributed by atoms with E-state index in [4.69, 9.17) is 4.74 Å². The third-order valence-electron chi connectivity index (χ3n) is 2.78. The molecule has 0 rings (SSSR count). The molecule has 0 aliphatic rings. The van der Waals surface area contributed by atoms with Crippen LogP contribution in [-0.4, -0.2) is 11.6 Å². The van der Waals surface area contributed by atoms with Crippen LogP contribution in [0, 0.1) is 10.8 Å². The van der Waals surface area contributed by atoms with E-state index in [0.717, 1.165) is 0 Å². The van der Waals surface area contributed by atoms with Gasteiger partial charge in [-0.15, -0.1) is 0 Å². The van der Waals surface area contributed by atoms with Gasteiger partial charge in [0.15, 0.2) is 0 Å². The summed E-state index contributed by atoms with van der Waals surface area (Å²) < 4.78 is 5.39. The summed E-state index contributed by atoms with van der Waals surface area (Å²) in [6.45, 7) is 15.7. The first-order chi connectivity index (χ1) is 5.88. The monoisotopic (exact) mass is 200 g/mol. The number of esters is 1. The molecule has 0 radical (unpaired) electrons. The van der Waals surface area contributed by atoms with Gasteiger partial charge in [0.2, 0.25) is 0 Å². The van der Waals surface area contributed by atoms with E-state index < -0.39 is 11.0 Å². The van der Waals surface area contributed by atoms with Crippen molar-refractivity contribution in [1.82, 2.24) is 0 Å². The van der Waals surface area contributed by atoms with Gasteiger partial charge in [0.1, 0.15) is 5.60 Å². The highest BCUT2D eigenvalue weighted by molar-refractivity contribution is 5.77. The number of hydrogen-bond acceptors (Lipinski definition) is 2. The molecule has 0 unspecified atom stereocenters. The van der Waals surface area contributed by atoms with E-state index in [1.807, 2.05) is 34.6 Å². The standard InChI is InChI=1S/C12H24O2/c1-10(2,3)12(7,8)9(13)14-11(4,5)6/h1-8H3. The third-order valence-corrected chi connectivity index (χ3v) is 2.78. The lowest BCUT2D eigenvalue weighted by Gasteiger charge is -2.38. The van der Waals surface area contributed by atoms with Gasteiger partial charge in [-0.3, -0.25) is 4.79 Å². The summed E-state index contributed by atoms with van der Waals surface area (Å²) in [6, 6.07) is 0. The molecule has 0 N–H and O–H groups in total. The first-order valence-corrected chi connectivity index (χ1v) is 5.11. The van der Waals surface area contributed by atoms with Gasteiger partial charge in [-0.05, 0) is 40.0 Å². The lowest BCUT2D eigenvalue weighted by atomic mass is 9.69. The molecular weight excluding hydrogens is 176 g/mol. The molecule has 14 heavy (non-hydrogen) atoms. The van der Waals surface area contributed by atoms with Crippen molar-refractivity contribution >= 4 is 5.97 Å². The van der Waals surface area contributed by atoms with E-state index in [1.54, 1.807) is 0 Å². The molecule has 0 amide bonds. The smallest absolute Gasteiger partial charge is 0.312 e. The molecule has 0 heterocycles. The Bertz CT molecular complexity index is 213. The summed E-state index contributed by atoms with van der Waals surface area (Å²) in [5, 5.41) is 0. The van der Waals surface area contributed by atoms with Crippen LogP contribution in [0.4, 0.5) is 0 Å². The topological polar surface area (TPSA) is 26.3 Å². The lowest BCUT2D eigenvalue weighted by molar-refractivity contribution is -0.172. The first kappa shape index (κ1) is 13.5. The van der Waals surface area contributed by atoms with Crippen LogP contribution in [0.2, 0.25) is 0 Å². The van der Waals surface area contributed by atoms with Crippen LogP contribution in [0.3, 0.4) is 0 Å². The summed E-state index contributed by atoms with van der Waals surface area (Å²) in [4.78, 5) is 11.9. The summed E-state index contributed by atoms with van der Waals surface area (Å²) in [7, 11) is 0. The van der Waals surface area contributed by atoms with Crippen LogP contribution in [-0.2, 0) is 9.53 Å². The van der Waals surface area contributed by atoms with E-state index in [0.29, 0.717) is 0 Å². The molecule has 0 aromatic carbocycles. The van der Waals surface area contributed by atoms with Crippen LogP contribution < -0.4 is 0 Å². The van der Waals surface area contributed by atoms with E-state index in [1.165, 1.54) is 0 Å². The SMILES string of the molecule is CC(C)(C)OC(=O)C(C)(C)C(C)(C)C. The van der Waals surface area contributed by atoms with Crippen molar-refractivity contribution in [1.29, 1.82) is 0 Å². The molecule has 0 aromatic rings. The van der Waals surface area contributed by atoms with Gasteiger partial charge in [0.25, 0.3) is 0 Å². The maximum Gasteiger partial charge on any atom is 0.312 e. The second-order valence-electron chi connectivity index (χ2n) is 6.38. The highest BCUT2D eigenvalue weighted by Crippen LogP contribution is 2.39. The Hall–Kier alpha value is -0.530. The fourth-order valence-electron chi connectivity index (χ4n) is 0.712. The number of carbonyl (C=O) groups is 1. The average Bonchev–Trinajstić information content (AvgIpc) is 1.80. The maximum atomic E-state index is 11.9. The summed E-state index contributed by atoms with van der Waals surface area (Å²) >= 11 is 0. The lowest BCUT2D eigenvalue weighted by Crippen LogP contribution is -2.42. The molecule has 0 aliphatic heterocycles. The average molecular weight is 200 g/mol. The van der Waals surface area contributed by atoms with E-state index in [2.05, 4.69) is 20.8 Å². The van der Waals surface area contributed by atoms with Crippen LogP contribution in [0.1, 0.15) is 55.4 Å². The molecule has 0 bridgehead atoms. The molecule has 0 aliphatic carbocycles. The zero-order valence-electron chi connectivity index (χ0n) is 10.8.